The highest BCUT2D eigenvalue weighted by Crippen LogP contribution is 2.35. The molecular weight excluding hydrogens is 482 g/mol. The van der Waals surface area contributed by atoms with Crippen LogP contribution in [0.25, 0.3) is 11.0 Å². The van der Waals surface area contributed by atoms with E-state index in [4.69, 9.17) is 0 Å². The average Bonchev–Trinajstić information content (AvgIpc) is 3.53. The van der Waals surface area contributed by atoms with Crippen molar-refractivity contribution in [3.8, 4) is 11.5 Å². The Hall–Kier alpha value is -4.40. The fraction of sp³-hybridized carbons (Fsp3) is 0.310. The molecule has 1 heterocycles. The predicted molar refractivity (Wildman–Crippen MR) is 144 cm³/mol. The molecule has 38 heavy (non-hydrogen) atoms. The molecule has 1 atom stereocenters. The molecule has 4 aromatic rings. The number of phenols is 2. The first-order valence-corrected chi connectivity index (χ1v) is 12.8. The summed E-state index contributed by atoms with van der Waals surface area (Å²) in [7, 11) is 0. The number of rotatable bonds is 7. The van der Waals surface area contributed by atoms with Gasteiger partial charge in [0, 0.05) is 11.7 Å². The zero-order valence-corrected chi connectivity index (χ0v) is 21.5. The van der Waals surface area contributed by atoms with E-state index in [-0.39, 0.29) is 35.9 Å². The Labute approximate surface area is 220 Å². The summed E-state index contributed by atoms with van der Waals surface area (Å²) in [5, 5.41) is 31.7. The summed E-state index contributed by atoms with van der Waals surface area (Å²) in [6.45, 7) is 3.72. The van der Waals surface area contributed by atoms with Gasteiger partial charge in [0.25, 0.3) is 0 Å². The number of hydrogen-bond donors (Lipinski definition) is 3. The maximum Gasteiger partial charge on any atom is 0.249 e. The third-order valence-corrected chi connectivity index (χ3v) is 6.98. The minimum atomic E-state index is -1.09. The van der Waals surface area contributed by atoms with Gasteiger partial charge in [0.1, 0.15) is 18.1 Å². The van der Waals surface area contributed by atoms with Gasteiger partial charge in [-0.2, -0.15) is 0 Å². The fourth-order valence-electron chi connectivity index (χ4n) is 5.24. The van der Waals surface area contributed by atoms with Crippen LogP contribution in [0.4, 0.5) is 5.69 Å². The normalized spacial score (nSPS) is 14.5. The third-order valence-electron chi connectivity index (χ3n) is 6.98. The van der Waals surface area contributed by atoms with E-state index in [1.54, 1.807) is 6.07 Å². The van der Waals surface area contributed by atoms with E-state index in [2.05, 4.69) is 15.6 Å². The van der Waals surface area contributed by atoms with Crippen LogP contribution < -0.4 is 10.2 Å². The molecule has 1 aromatic heterocycles. The number of carbonyl (C=O) groups is 2. The second-order valence-electron chi connectivity index (χ2n) is 9.99. The van der Waals surface area contributed by atoms with E-state index < -0.39 is 6.04 Å². The van der Waals surface area contributed by atoms with E-state index in [0.717, 1.165) is 36.8 Å². The molecule has 0 unspecified atom stereocenters. The Balaban J connectivity index is 1.61. The van der Waals surface area contributed by atoms with Crippen LogP contribution in [-0.2, 0) is 16.1 Å². The first kappa shape index (κ1) is 25.3. The quantitative estimate of drug-likeness (QED) is 0.317. The van der Waals surface area contributed by atoms with Gasteiger partial charge in [-0.15, -0.1) is 5.10 Å². The molecule has 0 spiro atoms. The van der Waals surface area contributed by atoms with Gasteiger partial charge in [-0.3, -0.25) is 14.5 Å². The maximum absolute atomic E-state index is 14.1. The number of aromatic hydroxyl groups is 2. The summed E-state index contributed by atoms with van der Waals surface area (Å²) in [5.41, 5.74) is 4.18. The number of para-hydroxylation sites is 1. The highest BCUT2D eigenvalue weighted by Gasteiger charge is 2.35. The fourth-order valence-corrected chi connectivity index (χ4v) is 5.24. The van der Waals surface area contributed by atoms with Crippen molar-refractivity contribution in [1.82, 2.24) is 20.3 Å². The van der Waals surface area contributed by atoms with Crippen LogP contribution in [0.2, 0.25) is 0 Å². The molecule has 3 N–H and O–H groups in total. The molecule has 3 aromatic carbocycles. The molecule has 1 fully saturated rings. The van der Waals surface area contributed by atoms with Gasteiger partial charge in [-0.1, -0.05) is 42.3 Å². The number of amides is 2. The molecular formula is C29H31N5O4. The summed E-state index contributed by atoms with van der Waals surface area (Å²) >= 11 is 0. The molecule has 0 saturated heterocycles. The number of hydrogen-bond acceptors (Lipinski definition) is 6. The lowest BCUT2D eigenvalue weighted by molar-refractivity contribution is -0.127. The standard InChI is InChI=1S/C29H31N5O4/c1-18-13-19(2)15-22(14-18)34(27(37)17-33-24-10-6-5-9-23(24)31-32-33)28(20-11-12-25(35)26(36)16-20)29(38)30-21-7-3-4-8-21/h5-6,9-16,21,28,35-36H,3-4,7-8,17H2,1-2H3,(H,30,38)/t28-/m0/s1. The second kappa shape index (κ2) is 10.5. The number of aromatic nitrogens is 3. The number of fused-ring (bicyclic) bond motifs is 1. The van der Waals surface area contributed by atoms with Crippen LogP contribution in [0, 0.1) is 13.8 Å². The molecule has 0 bridgehead atoms. The number of benzene rings is 3. The molecule has 9 nitrogen and oxygen atoms in total. The Bertz CT molecular complexity index is 1470. The Kier molecular flexibility index (Phi) is 7.00. The van der Waals surface area contributed by atoms with Gasteiger partial charge >= 0.3 is 0 Å². The number of phenolic OH excluding ortho intramolecular Hbond substituents is 2. The van der Waals surface area contributed by atoms with Crippen molar-refractivity contribution in [3.05, 3.63) is 77.4 Å². The van der Waals surface area contributed by atoms with Crippen molar-refractivity contribution in [3.63, 3.8) is 0 Å². The predicted octanol–water partition coefficient (Wildman–Crippen LogP) is 4.29. The average molecular weight is 514 g/mol. The monoisotopic (exact) mass is 513 g/mol. The van der Waals surface area contributed by atoms with Crippen molar-refractivity contribution in [1.29, 1.82) is 0 Å². The number of carbonyl (C=O) groups excluding carboxylic acids is 2. The third kappa shape index (κ3) is 5.18. The highest BCUT2D eigenvalue weighted by atomic mass is 16.3. The molecule has 1 aliphatic carbocycles. The lowest BCUT2D eigenvalue weighted by Gasteiger charge is -2.33. The Morgan fingerprint density at radius 2 is 1.71 bits per heavy atom. The maximum atomic E-state index is 14.1. The van der Waals surface area contributed by atoms with E-state index in [1.807, 2.05) is 56.3 Å². The van der Waals surface area contributed by atoms with Gasteiger partial charge in [-0.25, -0.2) is 4.68 Å². The second-order valence-corrected chi connectivity index (χ2v) is 9.99. The largest absolute Gasteiger partial charge is 0.504 e. The van der Waals surface area contributed by atoms with Crippen molar-refractivity contribution >= 4 is 28.5 Å². The minimum absolute atomic E-state index is 0.0196. The van der Waals surface area contributed by atoms with Crippen molar-refractivity contribution in [2.75, 3.05) is 4.90 Å². The molecule has 196 valence electrons. The lowest BCUT2D eigenvalue weighted by Crippen LogP contribution is -2.47. The zero-order valence-electron chi connectivity index (χ0n) is 21.5. The lowest BCUT2D eigenvalue weighted by atomic mass is 10.0. The van der Waals surface area contributed by atoms with Crippen LogP contribution >= 0.6 is 0 Å². The first-order chi connectivity index (χ1) is 18.3. The van der Waals surface area contributed by atoms with Crippen LogP contribution in [0.5, 0.6) is 11.5 Å². The Morgan fingerprint density at radius 1 is 1.00 bits per heavy atom. The van der Waals surface area contributed by atoms with Crippen LogP contribution in [0.15, 0.2) is 60.7 Å². The van der Waals surface area contributed by atoms with Gasteiger partial charge in [0.15, 0.2) is 11.5 Å². The highest BCUT2D eigenvalue weighted by molar-refractivity contribution is 6.01. The van der Waals surface area contributed by atoms with E-state index in [9.17, 15) is 19.8 Å². The first-order valence-electron chi connectivity index (χ1n) is 12.8. The summed E-state index contributed by atoms with van der Waals surface area (Å²) < 4.78 is 1.52. The molecule has 0 aliphatic heterocycles. The summed E-state index contributed by atoms with van der Waals surface area (Å²) in [5.74, 6) is -1.39. The molecule has 5 rings (SSSR count). The van der Waals surface area contributed by atoms with Crippen LogP contribution in [0.3, 0.4) is 0 Å². The van der Waals surface area contributed by atoms with Gasteiger partial charge < -0.3 is 15.5 Å². The molecule has 2 amide bonds. The van der Waals surface area contributed by atoms with Gasteiger partial charge in [0.05, 0.1) is 5.52 Å². The van der Waals surface area contributed by atoms with Crippen LogP contribution in [-0.4, -0.2) is 43.1 Å². The topological polar surface area (TPSA) is 121 Å². The van der Waals surface area contributed by atoms with Crippen molar-refractivity contribution < 1.29 is 19.8 Å². The van der Waals surface area contributed by atoms with E-state index in [0.29, 0.717) is 22.3 Å². The SMILES string of the molecule is Cc1cc(C)cc(N(C(=O)Cn2nnc3ccccc32)[C@H](C(=O)NC2CCCC2)c2ccc(O)c(O)c2)c1. The number of nitrogens with one attached hydrogen (secondary N) is 1. The molecule has 0 radical (unpaired) electrons. The van der Waals surface area contributed by atoms with E-state index in [1.165, 1.54) is 21.7 Å². The zero-order chi connectivity index (χ0) is 26.8. The number of nitrogens with zero attached hydrogens (tertiary/aromatic N) is 4. The summed E-state index contributed by atoms with van der Waals surface area (Å²) in [6, 6.07) is 16.2. The molecule has 9 heteroatoms. The van der Waals surface area contributed by atoms with Gasteiger partial charge in [-0.05, 0) is 79.8 Å². The summed E-state index contributed by atoms with van der Waals surface area (Å²) in [4.78, 5) is 29.5. The molecule has 1 saturated carbocycles. The Morgan fingerprint density at radius 3 is 2.42 bits per heavy atom. The smallest absolute Gasteiger partial charge is 0.249 e. The van der Waals surface area contributed by atoms with Crippen molar-refractivity contribution in [2.24, 2.45) is 0 Å². The minimum Gasteiger partial charge on any atom is -0.504 e. The van der Waals surface area contributed by atoms with Crippen molar-refractivity contribution in [2.45, 2.75) is 58.2 Å². The van der Waals surface area contributed by atoms with Crippen LogP contribution in [0.1, 0.15) is 48.4 Å². The molecule has 1 aliphatic rings. The number of anilines is 1. The number of aryl methyl sites for hydroxylation is 2. The van der Waals surface area contributed by atoms with Gasteiger partial charge in [0.2, 0.25) is 11.8 Å². The summed E-state index contributed by atoms with van der Waals surface area (Å²) in [6.07, 6.45) is 3.83. The van der Waals surface area contributed by atoms with E-state index >= 15 is 0 Å².